The van der Waals surface area contributed by atoms with Gasteiger partial charge in [-0.05, 0) is 41.3 Å². The molecule has 0 fully saturated rings. The number of halogens is 2. The Labute approximate surface area is 178 Å². The number of thiophene rings is 1. The van der Waals surface area contributed by atoms with E-state index in [1.807, 2.05) is 30.3 Å². The molecule has 140 valence electrons. The molecule has 8 heteroatoms. The largest absolute Gasteiger partial charge is 0.474 e. The third-order valence-corrected chi connectivity index (χ3v) is 6.56. The van der Waals surface area contributed by atoms with Gasteiger partial charge < -0.3 is 4.74 Å². The van der Waals surface area contributed by atoms with Crippen molar-refractivity contribution in [2.24, 2.45) is 4.99 Å². The standard InChI is InChI=1S/C20H14BrClN4OS/c21-15-4-1-13-7-18(28-17(13)8-15)19-25-20(10-27-19,9-26-12-23-11-24-26)14-2-5-16(22)6-3-14/h1-8,11-12H,9-10H2. The van der Waals surface area contributed by atoms with Gasteiger partial charge in [-0.15, -0.1) is 11.3 Å². The predicted octanol–water partition coefficient (Wildman–Crippen LogP) is 5.28. The third-order valence-electron chi connectivity index (χ3n) is 4.73. The Morgan fingerprint density at radius 2 is 2.04 bits per heavy atom. The lowest BCUT2D eigenvalue weighted by Gasteiger charge is -2.24. The summed E-state index contributed by atoms with van der Waals surface area (Å²) < 4.78 is 10.1. The first kappa shape index (κ1) is 17.8. The van der Waals surface area contributed by atoms with Crippen LogP contribution in [-0.4, -0.2) is 27.3 Å². The maximum atomic E-state index is 6.10. The Bertz CT molecular complexity index is 1170. The second kappa shape index (κ2) is 6.99. The first-order chi connectivity index (χ1) is 13.6. The summed E-state index contributed by atoms with van der Waals surface area (Å²) in [4.78, 5) is 10.1. The molecule has 1 aliphatic heterocycles. The van der Waals surface area contributed by atoms with Crippen molar-refractivity contribution in [3.63, 3.8) is 0 Å². The van der Waals surface area contributed by atoms with E-state index in [-0.39, 0.29) is 0 Å². The number of fused-ring (bicyclic) bond motifs is 1. The molecule has 5 nitrogen and oxygen atoms in total. The topological polar surface area (TPSA) is 52.3 Å². The maximum absolute atomic E-state index is 6.10. The van der Waals surface area contributed by atoms with Crippen molar-refractivity contribution >= 4 is 54.9 Å². The molecule has 5 rings (SSSR count). The van der Waals surface area contributed by atoms with Crippen molar-refractivity contribution in [1.29, 1.82) is 0 Å². The van der Waals surface area contributed by atoms with Gasteiger partial charge in [-0.3, -0.25) is 4.68 Å². The van der Waals surface area contributed by atoms with Crippen molar-refractivity contribution in [2.75, 3.05) is 6.61 Å². The molecule has 0 N–H and O–H groups in total. The molecule has 2 aromatic carbocycles. The molecule has 0 saturated carbocycles. The summed E-state index contributed by atoms with van der Waals surface area (Å²) in [6, 6.07) is 16.1. The number of hydrogen-bond donors (Lipinski definition) is 0. The molecule has 1 aliphatic rings. The van der Waals surface area contributed by atoms with E-state index in [0.29, 0.717) is 24.1 Å². The molecule has 1 unspecified atom stereocenters. The molecule has 3 heterocycles. The van der Waals surface area contributed by atoms with Crippen LogP contribution in [0.5, 0.6) is 0 Å². The van der Waals surface area contributed by atoms with Crippen LogP contribution in [-0.2, 0) is 16.8 Å². The second-order valence-corrected chi connectivity index (χ2v) is 9.07. The lowest BCUT2D eigenvalue weighted by molar-refractivity contribution is 0.230. The minimum atomic E-state index is -0.579. The fraction of sp³-hybridized carbons (Fsp3) is 0.150. The lowest BCUT2D eigenvalue weighted by atomic mass is 9.91. The van der Waals surface area contributed by atoms with Gasteiger partial charge in [-0.1, -0.05) is 45.7 Å². The fourth-order valence-corrected chi connectivity index (χ4v) is 5.03. The minimum absolute atomic E-state index is 0.432. The molecule has 2 aromatic heterocycles. The first-order valence-electron chi connectivity index (χ1n) is 8.62. The van der Waals surface area contributed by atoms with Crippen molar-refractivity contribution in [1.82, 2.24) is 14.8 Å². The molecule has 1 atom stereocenters. The summed E-state index contributed by atoms with van der Waals surface area (Å²) in [5, 5.41) is 6.13. The molecule has 0 bridgehead atoms. The maximum Gasteiger partial charge on any atom is 0.227 e. The fourth-order valence-electron chi connectivity index (χ4n) is 3.35. The average molecular weight is 474 g/mol. The van der Waals surface area contributed by atoms with Crippen LogP contribution in [0.25, 0.3) is 10.1 Å². The zero-order valence-electron chi connectivity index (χ0n) is 14.5. The van der Waals surface area contributed by atoms with Gasteiger partial charge in [-0.25, -0.2) is 9.98 Å². The number of aliphatic imine (C=N–C) groups is 1. The average Bonchev–Trinajstić information content (AvgIpc) is 3.42. The van der Waals surface area contributed by atoms with Crippen LogP contribution in [0.3, 0.4) is 0 Å². The van der Waals surface area contributed by atoms with Crippen LogP contribution in [0.1, 0.15) is 10.4 Å². The second-order valence-electron chi connectivity index (χ2n) is 6.63. The highest BCUT2D eigenvalue weighted by molar-refractivity contribution is 9.10. The number of hydrogen-bond acceptors (Lipinski definition) is 5. The minimum Gasteiger partial charge on any atom is -0.474 e. The number of ether oxygens (including phenoxy) is 1. The molecule has 0 amide bonds. The van der Waals surface area contributed by atoms with Gasteiger partial charge in [0, 0.05) is 14.2 Å². The number of rotatable bonds is 4. The van der Waals surface area contributed by atoms with E-state index in [0.717, 1.165) is 14.9 Å². The molecule has 0 saturated heterocycles. The molecule has 0 aliphatic carbocycles. The summed E-state index contributed by atoms with van der Waals surface area (Å²) in [6.07, 6.45) is 3.22. The summed E-state index contributed by atoms with van der Waals surface area (Å²) in [7, 11) is 0. The van der Waals surface area contributed by atoms with Gasteiger partial charge in [0.1, 0.15) is 24.8 Å². The van der Waals surface area contributed by atoms with E-state index in [4.69, 9.17) is 21.3 Å². The molecule has 4 aromatic rings. The summed E-state index contributed by atoms with van der Waals surface area (Å²) in [5.74, 6) is 0.660. The predicted molar refractivity (Wildman–Crippen MR) is 115 cm³/mol. The van der Waals surface area contributed by atoms with Gasteiger partial charge in [0.05, 0.1) is 11.4 Å². The van der Waals surface area contributed by atoms with E-state index in [1.165, 1.54) is 16.4 Å². The SMILES string of the molecule is Clc1ccc(C2(Cn3cncn3)COC(c3cc4ccc(Br)cc4s3)=N2)cc1. The lowest BCUT2D eigenvalue weighted by Crippen LogP contribution is -2.31. The van der Waals surface area contributed by atoms with Crippen LogP contribution in [0.2, 0.25) is 5.02 Å². The van der Waals surface area contributed by atoms with Crippen molar-refractivity contribution in [2.45, 2.75) is 12.1 Å². The zero-order valence-corrected chi connectivity index (χ0v) is 17.7. The van der Waals surface area contributed by atoms with E-state index in [1.54, 1.807) is 22.3 Å². The highest BCUT2D eigenvalue weighted by Crippen LogP contribution is 2.37. The van der Waals surface area contributed by atoms with Gasteiger partial charge in [0.2, 0.25) is 5.90 Å². The molecular formula is C20H14BrClN4OS. The van der Waals surface area contributed by atoms with Gasteiger partial charge >= 0.3 is 0 Å². The molecule has 0 radical (unpaired) electrons. The summed E-state index contributed by atoms with van der Waals surface area (Å²) >= 11 is 11.3. The third kappa shape index (κ3) is 3.23. The van der Waals surface area contributed by atoms with Crippen LogP contribution >= 0.6 is 38.9 Å². The van der Waals surface area contributed by atoms with Crippen molar-refractivity contribution in [3.05, 3.63) is 81.1 Å². The van der Waals surface area contributed by atoms with Crippen LogP contribution in [0.4, 0.5) is 0 Å². The van der Waals surface area contributed by atoms with Gasteiger partial charge in [-0.2, -0.15) is 5.10 Å². The Morgan fingerprint density at radius 3 is 2.82 bits per heavy atom. The Balaban J connectivity index is 1.59. The molecule has 0 spiro atoms. The van der Waals surface area contributed by atoms with Crippen LogP contribution in [0, 0.1) is 0 Å². The number of aromatic nitrogens is 3. The quantitative estimate of drug-likeness (QED) is 0.405. The van der Waals surface area contributed by atoms with Gasteiger partial charge in [0.25, 0.3) is 0 Å². The zero-order chi connectivity index (χ0) is 19.1. The molecule has 28 heavy (non-hydrogen) atoms. The Hall–Kier alpha value is -2.22. The highest BCUT2D eigenvalue weighted by atomic mass is 79.9. The van der Waals surface area contributed by atoms with E-state index < -0.39 is 5.54 Å². The summed E-state index contributed by atoms with van der Waals surface area (Å²) in [5.41, 5.74) is 0.455. The Kier molecular flexibility index (Phi) is 4.45. The van der Waals surface area contributed by atoms with Crippen molar-refractivity contribution in [3.8, 4) is 0 Å². The monoisotopic (exact) mass is 472 g/mol. The Morgan fingerprint density at radius 1 is 1.18 bits per heavy atom. The smallest absolute Gasteiger partial charge is 0.227 e. The van der Waals surface area contributed by atoms with Crippen LogP contribution < -0.4 is 0 Å². The van der Waals surface area contributed by atoms with Gasteiger partial charge in [0.15, 0.2) is 0 Å². The van der Waals surface area contributed by atoms with Crippen molar-refractivity contribution < 1.29 is 4.74 Å². The number of benzene rings is 2. The summed E-state index contributed by atoms with van der Waals surface area (Å²) in [6.45, 7) is 0.969. The normalized spacial score (nSPS) is 19.0. The highest BCUT2D eigenvalue weighted by Gasteiger charge is 2.40. The van der Waals surface area contributed by atoms with E-state index in [2.05, 4.69) is 44.2 Å². The first-order valence-corrected chi connectivity index (χ1v) is 10.6. The van der Waals surface area contributed by atoms with E-state index >= 15 is 0 Å². The van der Waals surface area contributed by atoms with E-state index in [9.17, 15) is 0 Å². The number of nitrogens with zero attached hydrogens (tertiary/aromatic N) is 4. The molecular weight excluding hydrogens is 460 g/mol. The van der Waals surface area contributed by atoms with Crippen LogP contribution in [0.15, 0.2) is 70.7 Å².